The number of benzene rings is 2. The number of carbonyl (C=O) groups is 1. The van der Waals surface area contributed by atoms with Crippen molar-refractivity contribution in [3.63, 3.8) is 0 Å². The Kier molecular flexibility index (Phi) is 5.65. The summed E-state index contributed by atoms with van der Waals surface area (Å²) in [5.74, 6) is 0.710. The summed E-state index contributed by atoms with van der Waals surface area (Å²) in [5.41, 5.74) is 1.51. The van der Waals surface area contributed by atoms with E-state index in [1.165, 1.54) is 0 Å². The summed E-state index contributed by atoms with van der Waals surface area (Å²) >= 11 is 5.87. The van der Waals surface area contributed by atoms with Crippen LogP contribution in [0.5, 0.6) is 11.6 Å². The lowest BCUT2D eigenvalue weighted by atomic mass is 10.1. The minimum atomic E-state index is -0.215. The van der Waals surface area contributed by atoms with E-state index in [9.17, 15) is 4.79 Å². The second kappa shape index (κ2) is 8.31. The van der Waals surface area contributed by atoms with Gasteiger partial charge in [0.05, 0.1) is 0 Å². The van der Waals surface area contributed by atoms with E-state index in [2.05, 4.69) is 10.3 Å². The Morgan fingerprint density at radius 1 is 1.00 bits per heavy atom. The van der Waals surface area contributed by atoms with Gasteiger partial charge in [0.25, 0.3) is 5.91 Å². The first-order chi connectivity index (χ1) is 12.2. The largest absolute Gasteiger partial charge is 0.438 e. The van der Waals surface area contributed by atoms with Crippen molar-refractivity contribution in [3.8, 4) is 11.6 Å². The van der Waals surface area contributed by atoms with Crippen molar-refractivity contribution in [3.05, 3.63) is 89.1 Å². The van der Waals surface area contributed by atoms with Crippen LogP contribution in [0.25, 0.3) is 0 Å². The number of aromatic nitrogens is 1. The number of rotatable bonds is 6. The van der Waals surface area contributed by atoms with Gasteiger partial charge in [0.1, 0.15) is 11.3 Å². The van der Waals surface area contributed by atoms with E-state index < -0.39 is 0 Å². The predicted molar refractivity (Wildman–Crippen MR) is 98.2 cm³/mol. The maximum atomic E-state index is 12.4. The average Bonchev–Trinajstić information content (AvgIpc) is 2.64. The Morgan fingerprint density at radius 3 is 2.52 bits per heavy atom. The minimum Gasteiger partial charge on any atom is -0.438 e. The SMILES string of the molecule is O=C(NCCc1ccc(Cl)cc1)c1cccnc1Oc1ccccc1. The molecular formula is C20H17ClN2O2. The second-order valence-corrected chi connectivity index (χ2v) is 5.84. The van der Waals surface area contributed by atoms with Crippen LogP contribution in [-0.4, -0.2) is 17.4 Å². The Hall–Kier alpha value is -2.85. The third kappa shape index (κ3) is 4.81. The summed E-state index contributed by atoms with van der Waals surface area (Å²) in [5, 5.41) is 3.60. The fourth-order valence-electron chi connectivity index (χ4n) is 2.31. The predicted octanol–water partition coefficient (Wildman–Crippen LogP) is 4.50. The van der Waals surface area contributed by atoms with Crippen molar-refractivity contribution in [2.24, 2.45) is 0 Å². The molecule has 0 saturated heterocycles. The molecule has 0 aliphatic rings. The van der Waals surface area contributed by atoms with Gasteiger partial charge >= 0.3 is 0 Å². The average molecular weight is 353 g/mol. The zero-order valence-electron chi connectivity index (χ0n) is 13.5. The van der Waals surface area contributed by atoms with Crippen LogP contribution in [0, 0.1) is 0 Å². The molecule has 4 nitrogen and oxygen atoms in total. The molecule has 3 aromatic rings. The first kappa shape index (κ1) is 17.0. The Labute approximate surface area is 151 Å². The molecule has 0 spiro atoms. The molecule has 0 aliphatic carbocycles. The first-order valence-corrected chi connectivity index (χ1v) is 8.31. The monoisotopic (exact) mass is 352 g/mol. The van der Waals surface area contributed by atoms with Crippen molar-refractivity contribution in [2.45, 2.75) is 6.42 Å². The van der Waals surface area contributed by atoms with Crippen LogP contribution in [-0.2, 0) is 6.42 Å². The van der Waals surface area contributed by atoms with E-state index in [1.54, 1.807) is 18.3 Å². The lowest BCUT2D eigenvalue weighted by Crippen LogP contribution is -2.26. The topological polar surface area (TPSA) is 51.2 Å². The number of pyridine rings is 1. The van der Waals surface area contributed by atoms with Crippen LogP contribution < -0.4 is 10.1 Å². The molecule has 3 rings (SSSR count). The standard InChI is InChI=1S/C20H17ClN2O2/c21-16-10-8-15(9-11-16)12-14-22-19(24)18-7-4-13-23-20(18)25-17-5-2-1-3-6-17/h1-11,13H,12,14H2,(H,22,24). The summed E-state index contributed by atoms with van der Waals surface area (Å²) in [7, 11) is 0. The van der Waals surface area contributed by atoms with Crippen molar-refractivity contribution in [2.75, 3.05) is 6.54 Å². The van der Waals surface area contributed by atoms with E-state index in [0.29, 0.717) is 22.9 Å². The fraction of sp³-hybridized carbons (Fsp3) is 0.100. The summed E-state index contributed by atoms with van der Waals surface area (Å²) < 4.78 is 5.72. The smallest absolute Gasteiger partial charge is 0.256 e. The molecule has 0 atom stereocenters. The Morgan fingerprint density at radius 2 is 1.76 bits per heavy atom. The molecular weight excluding hydrogens is 336 g/mol. The van der Waals surface area contributed by atoms with Gasteiger partial charge < -0.3 is 10.1 Å². The van der Waals surface area contributed by atoms with Crippen LogP contribution in [0.4, 0.5) is 0 Å². The maximum absolute atomic E-state index is 12.4. The number of hydrogen-bond donors (Lipinski definition) is 1. The zero-order valence-corrected chi connectivity index (χ0v) is 14.2. The summed E-state index contributed by atoms with van der Waals surface area (Å²) in [6.07, 6.45) is 2.32. The van der Waals surface area contributed by atoms with Gasteiger partial charge in [0.15, 0.2) is 0 Å². The molecule has 1 N–H and O–H groups in total. The second-order valence-electron chi connectivity index (χ2n) is 5.40. The number of hydrogen-bond acceptors (Lipinski definition) is 3. The molecule has 0 bridgehead atoms. The van der Waals surface area contributed by atoms with E-state index in [1.807, 2.05) is 54.6 Å². The van der Waals surface area contributed by atoms with Gasteiger partial charge in [-0.3, -0.25) is 4.79 Å². The van der Waals surface area contributed by atoms with Crippen molar-refractivity contribution >= 4 is 17.5 Å². The molecule has 126 valence electrons. The third-order valence-electron chi connectivity index (χ3n) is 3.59. The molecule has 0 unspecified atom stereocenters. The van der Waals surface area contributed by atoms with E-state index in [-0.39, 0.29) is 11.8 Å². The molecule has 1 aromatic heterocycles. The summed E-state index contributed by atoms with van der Waals surface area (Å²) in [6.45, 7) is 0.514. The Balaban J connectivity index is 1.63. The van der Waals surface area contributed by atoms with Gasteiger partial charge in [0, 0.05) is 17.8 Å². The minimum absolute atomic E-state index is 0.215. The van der Waals surface area contributed by atoms with Gasteiger partial charge in [-0.25, -0.2) is 4.98 Å². The van der Waals surface area contributed by atoms with Crippen LogP contribution in [0.15, 0.2) is 72.9 Å². The summed E-state index contributed by atoms with van der Waals surface area (Å²) in [6, 6.07) is 20.2. The number of halogens is 1. The van der Waals surface area contributed by atoms with E-state index >= 15 is 0 Å². The molecule has 0 radical (unpaired) electrons. The lowest BCUT2D eigenvalue weighted by molar-refractivity contribution is 0.0951. The van der Waals surface area contributed by atoms with Crippen LogP contribution in [0.1, 0.15) is 15.9 Å². The molecule has 0 saturated carbocycles. The number of ether oxygens (including phenoxy) is 1. The van der Waals surface area contributed by atoms with Gasteiger partial charge in [-0.05, 0) is 48.4 Å². The quantitative estimate of drug-likeness (QED) is 0.710. The number of amides is 1. The molecule has 2 aromatic carbocycles. The van der Waals surface area contributed by atoms with Gasteiger partial charge in [0.2, 0.25) is 5.88 Å². The highest BCUT2D eigenvalue weighted by atomic mass is 35.5. The van der Waals surface area contributed by atoms with Gasteiger partial charge in [-0.2, -0.15) is 0 Å². The molecule has 0 fully saturated rings. The van der Waals surface area contributed by atoms with Crippen molar-refractivity contribution < 1.29 is 9.53 Å². The number of para-hydroxylation sites is 1. The van der Waals surface area contributed by atoms with Gasteiger partial charge in [-0.1, -0.05) is 41.9 Å². The first-order valence-electron chi connectivity index (χ1n) is 7.93. The maximum Gasteiger partial charge on any atom is 0.256 e. The van der Waals surface area contributed by atoms with E-state index in [0.717, 1.165) is 12.0 Å². The van der Waals surface area contributed by atoms with E-state index in [4.69, 9.17) is 16.3 Å². The molecule has 0 aliphatic heterocycles. The Bertz CT molecular complexity index is 836. The molecule has 5 heteroatoms. The molecule has 25 heavy (non-hydrogen) atoms. The van der Waals surface area contributed by atoms with Crippen molar-refractivity contribution in [1.29, 1.82) is 0 Å². The number of nitrogens with zero attached hydrogens (tertiary/aromatic N) is 1. The highest BCUT2D eigenvalue weighted by Crippen LogP contribution is 2.22. The highest BCUT2D eigenvalue weighted by Gasteiger charge is 2.13. The fourth-order valence-corrected chi connectivity index (χ4v) is 2.44. The normalized spacial score (nSPS) is 10.3. The van der Waals surface area contributed by atoms with Crippen LogP contribution in [0.3, 0.4) is 0 Å². The molecule has 1 heterocycles. The number of nitrogens with one attached hydrogen (secondary N) is 1. The van der Waals surface area contributed by atoms with Gasteiger partial charge in [-0.15, -0.1) is 0 Å². The third-order valence-corrected chi connectivity index (χ3v) is 3.84. The molecule has 1 amide bonds. The summed E-state index contributed by atoms with van der Waals surface area (Å²) in [4.78, 5) is 16.6. The number of carbonyl (C=O) groups excluding carboxylic acids is 1. The lowest BCUT2D eigenvalue weighted by Gasteiger charge is -2.10. The van der Waals surface area contributed by atoms with Crippen molar-refractivity contribution in [1.82, 2.24) is 10.3 Å². The van der Waals surface area contributed by atoms with Crippen LogP contribution >= 0.6 is 11.6 Å². The van der Waals surface area contributed by atoms with Crippen LogP contribution in [0.2, 0.25) is 5.02 Å². The highest BCUT2D eigenvalue weighted by molar-refractivity contribution is 6.30. The zero-order chi connectivity index (χ0) is 17.5.